The van der Waals surface area contributed by atoms with Gasteiger partial charge in [-0.05, 0) is 38.0 Å². The first kappa shape index (κ1) is 9.85. The van der Waals surface area contributed by atoms with Crippen molar-refractivity contribution in [3.63, 3.8) is 0 Å². The number of ether oxygens (including phenoxy) is 1. The molecule has 1 nitrogen and oxygen atoms in total. The van der Waals surface area contributed by atoms with E-state index in [1.165, 1.54) is 16.7 Å². The summed E-state index contributed by atoms with van der Waals surface area (Å²) < 4.78 is 5.28. The number of hydrogen-bond acceptors (Lipinski definition) is 1. The van der Waals surface area contributed by atoms with Crippen LogP contribution in [0, 0.1) is 13.8 Å². The summed E-state index contributed by atoms with van der Waals surface area (Å²) >= 11 is 0. The Bertz CT molecular complexity index is 324. The predicted octanol–water partition coefficient (Wildman–Crippen LogP) is 3.35. The van der Waals surface area contributed by atoms with E-state index in [-0.39, 0.29) is 0 Å². The highest BCUT2D eigenvalue weighted by molar-refractivity contribution is 5.62. The second kappa shape index (κ2) is 4.13. The highest BCUT2D eigenvalue weighted by atomic mass is 16.5. The van der Waals surface area contributed by atoms with Gasteiger partial charge in [-0.25, -0.2) is 0 Å². The molecule has 0 aliphatic carbocycles. The Kier molecular flexibility index (Phi) is 3.13. The van der Waals surface area contributed by atoms with E-state index < -0.39 is 0 Å². The van der Waals surface area contributed by atoms with Crippen molar-refractivity contribution in [2.24, 2.45) is 0 Å². The van der Waals surface area contributed by atoms with Crippen LogP contribution < -0.4 is 4.74 Å². The first-order valence-corrected chi connectivity index (χ1v) is 4.47. The lowest BCUT2D eigenvalue weighted by Gasteiger charge is -2.10. The molecule has 1 aromatic rings. The highest BCUT2D eigenvalue weighted by Crippen LogP contribution is 2.25. The Morgan fingerprint density at radius 3 is 2.46 bits per heavy atom. The summed E-state index contributed by atoms with van der Waals surface area (Å²) in [4.78, 5) is 0. The molecule has 0 N–H and O–H groups in total. The average Bonchev–Trinajstić information content (AvgIpc) is 2.14. The van der Waals surface area contributed by atoms with Crippen LogP contribution >= 0.6 is 0 Å². The molecule has 1 rings (SSSR count). The highest BCUT2D eigenvalue weighted by Gasteiger charge is 2.04. The molecule has 0 saturated heterocycles. The summed E-state index contributed by atoms with van der Waals surface area (Å²) in [6.07, 6.45) is 4.12. The molecular weight excluding hydrogens is 160 g/mol. The lowest BCUT2D eigenvalue weighted by atomic mass is 10.0. The molecule has 0 atom stereocenters. The fraction of sp³-hybridized carbons (Fsp3) is 0.333. The van der Waals surface area contributed by atoms with Crippen molar-refractivity contribution in [3.05, 3.63) is 34.9 Å². The molecule has 0 heterocycles. The van der Waals surface area contributed by atoms with Gasteiger partial charge in [0, 0.05) is 5.56 Å². The van der Waals surface area contributed by atoms with Gasteiger partial charge in [-0.2, -0.15) is 0 Å². The summed E-state index contributed by atoms with van der Waals surface area (Å²) in [5.74, 6) is 0.946. The van der Waals surface area contributed by atoms with Gasteiger partial charge in [0.1, 0.15) is 5.75 Å². The van der Waals surface area contributed by atoms with Crippen molar-refractivity contribution in [1.29, 1.82) is 0 Å². The van der Waals surface area contributed by atoms with E-state index >= 15 is 0 Å². The number of hydrogen-bond donors (Lipinski definition) is 0. The predicted molar refractivity (Wildman–Crippen MR) is 57.2 cm³/mol. The third-order valence-electron chi connectivity index (χ3n) is 2.30. The van der Waals surface area contributed by atoms with Gasteiger partial charge in [-0.1, -0.05) is 18.2 Å². The van der Waals surface area contributed by atoms with Gasteiger partial charge in [0.05, 0.1) is 7.11 Å². The zero-order valence-electron chi connectivity index (χ0n) is 8.72. The van der Waals surface area contributed by atoms with Crippen molar-refractivity contribution in [1.82, 2.24) is 0 Å². The van der Waals surface area contributed by atoms with Crippen LogP contribution in [-0.2, 0) is 0 Å². The molecule has 1 aromatic carbocycles. The van der Waals surface area contributed by atoms with Gasteiger partial charge < -0.3 is 4.74 Å². The molecule has 0 saturated carbocycles. The van der Waals surface area contributed by atoms with Crippen molar-refractivity contribution in [3.8, 4) is 5.75 Å². The molecule has 0 spiro atoms. The van der Waals surface area contributed by atoms with E-state index in [1.807, 2.05) is 19.1 Å². The Hall–Kier alpha value is -1.24. The van der Waals surface area contributed by atoms with Crippen LogP contribution in [0.2, 0.25) is 0 Å². The first-order valence-electron chi connectivity index (χ1n) is 4.47. The first-order chi connectivity index (χ1) is 6.20. The maximum absolute atomic E-state index is 5.28. The van der Waals surface area contributed by atoms with E-state index in [9.17, 15) is 0 Å². The van der Waals surface area contributed by atoms with Gasteiger partial charge in [-0.3, -0.25) is 0 Å². The van der Waals surface area contributed by atoms with Crippen LogP contribution in [0.4, 0.5) is 0 Å². The molecule has 0 aliphatic rings. The second-order valence-corrected chi connectivity index (χ2v) is 3.12. The van der Waals surface area contributed by atoms with Gasteiger partial charge in [-0.15, -0.1) is 0 Å². The SMILES string of the molecule is C/C=C\c1c(OC)ccc(C)c1C. The molecule has 13 heavy (non-hydrogen) atoms. The third-order valence-corrected chi connectivity index (χ3v) is 2.30. The molecular formula is C12H16O. The van der Waals surface area contributed by atoms with Crippen molar-refractivity contribution in [2.75, 3.05) is 7.11 Å². The molecule has 70 valence electrons. The van der Waals surface area contributed by atoms with Crippen LogP contribution in [0.15, 0.2) is 18.2 Å². The monoisotopic (exact) mass is 176 g/mol. The lowest BCUT2D eigenvalue weighted by molar-refractivity contribution is 0.413. The smallest absolute Gasteiger partial charge is 0.126 e. The number of methoxy groups -OCH3 is 1. The van der Waals surface area contributed by atoms with E-state index in [0.29, 0.717) is 0 Å². The zero-order valence-corrected chi connectivity index (χ0v) is 8.72. The molecule has 0 aromatic heterocycles. The minimum absolute atomic E-state index is 0.946. The van der Waals surface area contributed by atoms with Gasteiger partial charge in [0.2, 0.25) is 0 Å². The largest absolute Gasteiger partial charge is 0.496 e. The number of aryl methyl sites for hydroxylation is 1. The third kappa shape index (κ3) is 1.92. The molecule has 0 bridgehead atoms. The molecule has 0 fully saturated rings. The minimum atomic E-state index is 0.946. The summed E-state index contributed by atoms with van der Waals surface area (Å²) in [5.41, 5.74) is 3.77. The van der Waals surface area contributed by atoms with Crippen molar-refractivity contribution in [2.45, 2.75) is 20.8 Å². The molecule has 0 amide bonds. The average molecular weight is 176 g/mol. The zero-order chi connectivity index (χ0) is 9.84. The Morgan fingerprint density at radius 1 is 1.23 bits per heavy atom. The van der Waals surface area contributed by atoms with Gasteiger partial charge in [0.15, 0.2) is 0 Å². The van der Waals surface area contributed by atoms with E-state index in [0.717, 1.165) is 5.75 Å². The van der Waals surface area contributed by atoms with E-state index in [1.54, 1.807) is 7.11 Å². The van der Waals surface area contributed by atoms with Crippen molar-refractivity contribution < 1.29 is 4.74 Å². The van der Waals surface area contributed by atoms with Crippen LogP contribution in [0.3, 0.4) is 0 Å². The number of rotatable bonds is 2. The second-order valence-electron chi connectivity index (χ2n) is 3.12. The topological polar surface area (TPSA) is 9.23 Å². The normalized spacial score (nSPS) is 10.8. The number of benzene rings is 1. The van der Waals surface area contributed by atoms with Crippen molar-refractivity contribution >= 4 is 6.08 Å². The Labute approximate surface area is 80.0 Å². The van der Waals surface area contributed by atoms with Crippen LogP contribution in [0.25, 0.3) is 6.08 Å². The van der Waals surface area contributed by atoms with Crippen LogP contribution in [0.1, 0.15) is 23.6 Å². The minimum Gasteiger partial charge on any atom is -0.496 e. The summed E-state index contributed by atoms with van der Waals surface area (Å²) in [6.45, 7) is 6.25. The van der Waals surface area contributed by atoms with E-state index in [2.05, 4.69) is 26.0 Å². The molecule has 0 aliphatic heterocycles. The molecule has 0 unspecified atom stereocenters. The maximum atomic E-state index is 5.28. The summed E-state index contributed by atoms with van der Waals surface area (Å²) in [7, 11) is 1.71. The quantitative estimate of drug-likeness (QED) is 0.671. The lowest BCUT2D eigenvalue weighted by Crippen LogP contribution is -1.92. The molecule has 1 heteroatoms. The standard InChI is InChI=1S/C12H16O/c1-5-6-11-10(3)9(2)7-8-12(11)13-4/h5-8H,1-4H3/b6-5-. The summed E-state index contributed by atoms with van der Waals surface area (Å²) in [5, 5.41) is 0. The number of allylic oxidation sites excluding steroid dienone is 1. The van der Waals surface area contributed by atoms with Gasteiger partial charge in [0.25, 0.3) is 0 Å². The molecule has 0 radical (unpaired) electrons. The van der Waals surface area contributed by atoms with Crippen LogP contribution in [0.5, 0.6) is 5.75 Å². The van der Waals surface area contributed by atoms with Crippen LogP contribution in [-0.4, -0.2) is 7.11 Å². The summed E-state index contributed by atoms with van der Waals surface area (Å²) in [6, 6.07) is 4.10. The fourth-order valence-corrected chi connectivity index (χ4v) is 1.36. The fourth-order valence-electron chi connectivity index (χ4n) is 1.36. The Balaban J connectivity index is 3.32. The van der Waals surface area contributed by atoms with E-state index in [4.69, 9.17) is 4.74 Å². The maximum Gasteiger partial charge on any atom is 0.126 e. The Morgan fingerprint density at radius 2 is 1.92 bits per heavy atom. The van der Waals surface area contributed by atoms with Gasteiger partial charge >= 0.3 is 0 Å².